The summed E-state index contributed by atoms with van der Waals surface area (Å²) in [5.74, 6) is 1.11. The minimum absolute atomic E-state index is 0.0780. The molecular weight excluding hydrogens is 424 g/mol. The molecule has 0 aliphatic carbocycles. The van der Waals surface area contributed by atoms with Crippen molar-refractivity contribution >= 4 is 39.2 Å². The van der Waals surface area contributed by atoms with E-state index >= 15 is 0 Å². The summed E-state index contributed by atoms with van der Waals surface area (Å²) in [5.41, 5.74) is 3.04. The standard InChI is InChI=1S/C24H24N4O3S/c1-15-5-3-6-16(9-15)11-22(30)26-23-20-12-19(32-24(20)28-27-23)13-21(29)25-14-17-7-4-8-18(10-17)31-2/h3-10,12H,11,13-14H2,1-2H3,(H,25,29)(H2,26,27,28,30). The van der Waals surface area contributed by atoms with Crippen molar-refractivity contribution in [1.29, 1.82) is 0 Å². The molecule has 0 fully saturated rings. The van der Waals surface area contributed by atoms with Crippen molar-refractivity contribution in [3.05, 3.63) is 76.2 Å². The normalized spacial score (nSPS) is 10.8. The van der Waals surface area contributed by atoms with Gasteiger partial charge in [0.05, 0.1) is 25.3 Å². The first-order valence-electron chi connectivity index (χ1n) is 10.2. The van der Waals surface area contributed by atoms with Crippen LogP contribution in [0.1, 0.15) is 21.6 Å². The van der Waals surface area contributed by atoms with E-state index in [4.69, 9.17) is 4.74 Å². The van der Waals surface area contributed by atoms with Gasteiger partial charge >= 0.3 is 0 Å². The van der Waals surface area contributed by atoms with Gasteiger partial charge in [0.25, 0.3) is 0 Å². The number of methoxy groups -OCH3 is 1. The Bertz CT molecular complexity index is 1260. The van der Waals surface area contributed by atoms with E-state index < -0.39 is 0 Å². The van der Waals surface area contributed by atoms with Crippen molar-refractivity contribution in [1.82, 2.24) is 15.5 Å². The third kappa shape index (κ3) is 5.33. The summed E-state index contributed by atoms with van der Waals surface area (Å²) in [5, 5.41) is 13.8. The van der Waals surface area contributed by atoms with E-state index in [1.54, 1.807) is 7.11 Å². The lowest BCUT2D eigenvalue weighted by Crippen LogP contribution is -2.24. The molecule has 7 nitrogen and oxygen atoms in total. The van der Waals surface area contributed by atoms with Crippen LogP contribution in [0.15, 0.2) is 54.6 Å². The van der Waals surface area contributed by atoms with Crippen LogP contribution in [0.2, 0.25) is 0 Å². The average molecular weight is 449 g/mol. The minimum atomic E-state index is -0.120. The van der Waals surface area contributed by atoms with E-state index in [9.17, 15) is 9.59 Å². The summed E-state index contributed by atoms with van der Waals surface area (Å²) in [6.07, 6.45) is 0.535. The van der Waals surface area contributed by atoms with E-state index in [0.29, 0.717) is 12.4 Å². The maximum Gasteiger partial charge on any atom is 0.229 e. The van der Waals surface area contributed by atoms with E-state index in [1.165, 1.54) is 11.3 Å². The highest BCUT2D eigenvalue weighted by molar-refractivity contribution is 7.18. The molecule has 2 heterocycles. The van der Waals surface area contributed by atoms with Crippen molar-refractivity contribution in [3.63, 3.8) is 0 Å². The van der Waals surface area contributed by atoms with Gasteiger partial charge in [0.15, 0.2) is 0 Å². The molecule has 2 aromatic carbocycles. The van der Waals surface area contributed by atoms with Gasteiger partial charge in [0.1, 0.15) is 16.4 Å². The highest BCUT2D eigenvalue weighted by atomic mass is 32.1. The third-order valence-corrected chi connectivity index (χ3v) is 6.00. The number of H-pyrrole nitrogens is 1. The van der Waals surface area contributed by atoms with Gasteiger partial charge in [-0.1, -0.05) is 42.0 Å². The fraction of sp³-hybridized carbons (Fsp3) is 0.208. The summed E-state index contributed by atoms with van der Waals surface area (Å²) in [4.78, 5) is 26.5. The van der Waals surface area contributed by atoms with Gasteiger partial charge in [-0.3, -0.25) is 14.7 Å². The first-order chi connectivity index (χ1) is 15.5. The van der Waals surface area contributed by atoms with Crippen LogP contribution >= 0.6 is 11.3 Å². The fourth-order valence-corrected chi connectivity index (χ4v) is 4.43. The molecule has 3 N–H and O–H groups in total. The molecule has 8 heteroatoms. The Morgan fingerprint density at radius 1 is 1.03 bits per heavy atom. The Morgan fingerprint density at radius 3 is 2.66 bits per heavy atom. The maximum atomic E-state index is 12.5. The molecule has 0 saturated heterocycles. The first kappa shape index (κ1) is 21.6. The number of aromatic amines is 1. The van der Waals surface area contributed by atoms with E-state index in [1.807, 2.05) is 61.5 Å². The van der Waals surface area contributed by atoms with E-state index in [0.717, 1.165) is 37.5 Å². The lowest BCUT2D eigenvalue weighted by atomic mass is 10.1. The number of anilines is 1. The Hall–Kier alpha value is -3.65. The van der Waals surface area contributed by atoms with E-state index in [2.05, 4.69) is 20.8 Å². The molecular formula is C24H24N4O3S. The topological polar surface area (TPSA) is 96.1 Å². The van der Waals surface area contributed by atoms with Crippen LogP contribution in [0.5, 0.6) is 5.75 Å². The summed E-state index contributed by atoms with van der Waals surface area (Å²) < 4.78 is 5.21. The smallest absolute Gasteiger partial charge is 0.229 e. The Labute approximate surface area is 189 Å². The van der Waals surface area contributed by atoms with Crippen molar-refractivity contribution < 1.29 is 14.3 Å². The zero-order valence-electron chi connectivity index (χ0n) is 17.9. The van der Waals surface area contributed by atoms with Gasteiger partial charge in [-0.25, -0.2) is 0 Å². The van der Waals surface area contributed by atoms with Crippen LogP contribution in [0.25, 0.3) is 10.2 Å². The molecule has 0 aliphatic heterocycles. The molecule has 32 heavy (non-hydrogen) atoms. The summed E-state index contributed by atoms with van der Waals surface area (Å²) in [6.45, 7) is 2.43. The second-order valence-corrected chi connectivity index (χ2v) is 8.66. The number of aromatic nitrogens is 2. The first-order valence-corrected chi connectivity index (χ1v) is 11.0. The Kier molecular flexibility index (Phi) is 6.51. The highest BCUT2D eigenvalue weighted by Crippen LogP contribution is 2.29. The lowest BCUT2D eigenvalue weighted by molar-refractivity contribution is -0.120. The third-order valence-electron chi connectivity index (χ3n) is 4.97. The number of benzene rings is 2. The summed E-state index contributed by atoms with van der Waals surface area (Å²) in [6, 6.07) is 17.4. The number of hydrogen-bond donors (Lipinski definition) is 3. The van der Waals surface area contributed by atoms with Crippen molar-refractivity contribution in [2.75, 3.05) is 12.4 Å². The van der Waals surface area contributed by atoms with Gasteiger partial charge in [0.2, 0.25) is 11.8 Å². The number of ether oxygens (including phenoxy) is 1. The number of hydrogen-bond acceptors (Lipinski definition) is 5. The largest absolute Gasteiger partial charge is 0.497 e. The highest BCUT2D eigenvalue weighted by Gasteiger charge is 2.15. The molecule has 0 aliphatic rings. The van der Waals surface area contributed by atoms with Crippen molar-refractivity contribution in [2.45, 2.75) is 26.3 Å². The van der Waals surface area contributed by atoms with Gasteiger partial charge in [-0.05, 0) is 36.2 Å². The Morgan fingerprint density at radius 2 is 1.84 bits per heavy atom. The number of aryl methyl sites for hydroxylation is 1. The number of nitrogens with zero attached hydrogens (tertiary/aromatic N) is 1. The molecule has 0 unspecified atom stereocenters. The SMILES string of the molecule is COc1cccc(CNC(=O)Cc2cc3c(NC(=O)Cc4cccc(C)c4)[nH]nc3s2)c1. The van der Waals surface area contributed by atoms with Crippen LogP contribution < -0.4 is 15.4 Å². The summed E-state index contributed by atoms with van der Waals surface area (Å²) in [7, 11) is 1.61. The minimum Gasteiger partial charge on any atom is -0.497 e. The van der Waals surface area contributed by atoms with E-state index in [-0.39, 0.29) is 24.7 Å². The zero-order chi connectivity index (χ0) is 22.5. The number of amides is 2. The molecule has 0 atom stereocenters. The van der Waals surface area contributed by atoms with Crippen LogP contribution in [-0.2, 0) is 29.0 Å². The van der Waals surface area contributed by atoms with Crippen LogP contribution in [-0.4, -0.2) is 29.1 Å². The second-order valence-electron chi connectivity index (χ2n) is 7.55. The molecule has 164 valence electrons. The number of rotatable bonds is 8. The molecule has 4 aromatic rings. The van der Waals surface area contributed by atoms with Crippen molar-refractivity contribution in [3.8, 4) is 5.75 Å². The number of carbonyl (C=O) groups excluding carboxylic acids is 2. The molecule has 0 saturated carbocycles. The zero-order valence-corrected chi connectivity index (χ0v) is 18.7. The molecule has 0 radical (unpaired) electrons. The molecule has 0 spiro atoms. The maximum absolute atomic E-state index is 12.5. The molecule has 2 aromatic heterocycles. The van der Waals surface area contributed by atoms with Crippen molar-refractivity contribution in [2.24, 2.45) is 0 Å². The van der Waals surface area contributed by atoms with Gasteiger partial charge in [0, 0.05) is 11.4 Å². The lowest BCUT2D eigenvalue weighted by Gasteiger charge is -2.06. The van der Waals surface area contributed by atoms with Crippen LogP contribution in [0.4, 0.5) is 5.82 Å². The Balaban J connectivity index is 1.35. The van der Waals surface area contributed by atoms with Gasteiger partial charge in [-0.2, -0.15) is 5.10 Å². The van der Waals surface area contributed by atoms with Crippen LogP contribution in [0.3, 0.4) is 0 Å². The molecule has 2 amide bonds. The number of thiophene rings is 1. The number of nitrogens with one attached hydrogen (secondary N) is 3. The fourth-order valence-electron chi connectivity index (χ4n) is 3.44. The quantitative estimate of drug-likeness (QED) is 0.380. The predicted molar refractivity (Wildman–Crippen MR) is 126 cm³/mol. The van der Waals surface area contributed by atoms with Gasteiger partial charge in [-0.15, -0.1) is 11.3 Å². The average Bonchev–Trinajstić information content (AvgIpc) is 3.33. The molecule has 4 rings (SSSR count). The second kappa shape index (κ2) is 9.65. The van der Waals surface area contributed by atoms with Crippen LogP contribution in [0, 0.1) is 6.92 Å². The predicted octanol–water partition coefficient (Wildman–Crippen LogP) is 3.98. The monoisotopic (exact) mass is 448 g/mol. The number of carbonyl (C=O) groups is 2. The number of fused-ring (bicyclic) bond motifs is 1. The van der Waals surface area contributed by atoms with Gasteiger partial charge < -0.3 is 15.4 Å². The molecule has 0 bridgehead atoms. The summed E-state index contributed by atoms with van der Waals surface area (Å²) >= 11 is 1.43.